The summed E-state index contributed by atoms with van der Waals surface area (Å²) in [5.74, 6) is 0.00299. The summed E-state index contributed by atoms with van der Waals surface area (Å²) in [4.78, 5) is 4.88. The zero-order valence-corrected chi connectivity index (χ0v) is 11.2. The van der Waals surface area contributed by atoms with Crippen molar-refractivity contribution < 1.29 is 18.3 Å². The largest absolute Gasteiger partial charge is 0.433 e. The van der Waals surface area contributed by atoms with Gasteiger partial charge in [0.2, 0.25) is 0 Å². The van der Waals surface area contributed by atoms with E-state index in [0.29, 0.717) is 0 Å². The van der Waals surface area contributed by atoms with Crippen molar-refractivity contribution in [3.8, 4) is 0 Å². The second kappa shape index (κ2) is 5.70. The van der Waals surface area contributed by atoms with Gasteiger partial charge in [0.1, 0.15) is 16.5 Å². The van der Waals surface area contributed by atoms with E-state index in [-0.39, 0.29) is 22.9 Å². The molecule has 3 N–H and O–H groups in total. The Morgan fingerprint density at radius 3 is 2.53 bits per heavy atom. The van der Waals surface area contributed by atoms with Gasteiger partial charge in [0.05, 0.1) is 11.7 Å². The Morgan fingerprint density at radius 2 is 2.11 bits per heavy atom. The number of aromatic nitrogens is 1. The minimum absolute atomic E-state index is 0.00299. The lowest BCUT2D eigenvalue weighted by Crippen LogP contribution is -2.30. The average Bonchev–Trinajstić information content (AvgIpc) is 2.25. The highest BCUT2D eigenvalue weighted by molar-refractivity contribution is 7.80. The highest BCUT2D eigenvalue weighted by atomic mass is 32.1. The highest BCUT2D eigenvalue weighted by Gasteiger charge is 2.33. The number of anilines is 1. The van der Waals surface area contributed by atoms with E-state index in [1.54, 1.807) is 0 Å². The quantitative estimate of drug-likeness (QED) is 0.825. The second-order valence-corrected chi connectivity index (χ2v) is 4.60. The molecule has 0 aliphatic carbocycles. The van der Waals surface area contributed by atoms with Crippen molar-refractivity contribution in [3.05, 3.63) is 23.4 Å². The monoisotopic (exact) mass is 293 g/mol. The van der Waals surface area contributed by atoms with Crippen LogP contribution in [-0.2, 0) is 6.18 Å². The van der Waals surface area contributed by atoms with Crippen LogP contribution in [0.2, 0.25) is 0 Å². The molecule has 8 heteroatoms. The first-order valence-electron chi connectivity index (χ1n) is 5.40. The van der Waals surface area contributed by atoms with E-state index in [1.165, 1.54) is 24.9 Å². The zero-order chi connectivity index (χ0) is 14.8. The van der Waals surface area contributed by atoms with Gasteiger partial charge in [-0.3, -0.25) is 0 Å². The van der Waals surface area contributed by atoms with Crippen molar-refractivity contribution in [1.29, 1.82) is 0 Å². The molecule has 1 heterocycles. The average molecular weight is 293 g/mol. The molecule has 19 heavy (non-hydrogen) atoms. The summed E-state index contributed by atoms with van der Waals surface area (Å²) in [6.45, 7) is 1.63. The van der Waals surface area contributed by atoms with Crippen LogP contribution in [0.1, 0.15) is 18.2 Å². The molecule has 4 nitrogen and oxygen atoms in total. The van der Waals surface area contributed by atoms with Gasteiger partial charge in [-0.05, 0) is 19.1 Å². The molecule has 0 aliphatic rings. The molecule has 106 valence electrons. The number of pyridine rings is 1. The number of nitrogens with zero attached hydrogens (tertiary/aromatic N) is 2. The molecule has 0 aromatic carbocycles. The predicted molar refractivity (Wildman–Crippen MR) is 70.1 cm³/mol. The summed E-state index contributed by atoms with van der Waals surface area (Å²) in [5, 5.41) is 9.29. The maximum Gasteiger partial charge on any atom is 0.433 e. The maximum absolute atomic E-state index is 12.6. The number of nitrogens with two attached hydrogens (primary N) is 1. The van der Waals surface area contributed by atoms with Gasteiger partial charge in [-0.1, -0.05) is 12.2 Å². The molecule has 0 fully saturated rings. The fourth-order valence-electron chi connectivity index (χ4n) is 1.57. The van der Waals surface area contributed by atoms with Gasteiger partial charge >= 0.3 is 6.18 Å². The number of halogens is 3. The van der Waals surface area contributed by atoms with Crippen LogP contribution in [0.25, 0.3) is 0 Å². The van der Waals surface area contributed by atoms with Crippen LogP contribution in [0, 0.1) is 0 Å². The van der Waals surface area contributed by atoms with Gasteiger partial charge in [0.25, 0.3) is 0 Å². The lowest BCUT2D eigenvalue weighted by molar-refractivity contribution is -0.141. The number of likely N-dealkylation sites (N-methyl/N-ethyl adjacent to an activating group) is 1. The molecule has 1 atom stereocenters. The van der Waals surface area contributed by atoms with E-state index in [4.69, 9.17) is 18.0 Å². The number of aliphatic hydroxyl groups excluding tert-OH is 1. The van der Waals surface area contributed by atoms with E-state index < -0.39 is 18.0 Å². The molecule has 1 unspecified atom stereocenters. The first kappa shape index (κ1) is 15.6. The summed E-state index contributed by atoms with van der Waals surface area (Å²) < 4.78 is 37.9. The van der Waals surface area contributed by atoms with Crippen LogP contribution in [-0.4, -0.2) is 34.8 Å². The van der Waals surface area contributed by atoms with E-state index >= 15 is 0 Å². The number of alkyl halides is 3. The second-order valence-electron chi connectivity index (χ2n) is 4.16. The van der Waals surface area contributed by atoms with Crippen molar-refractivity contribution in [3.63, 3.8) is 0 Å². The lowest BCUT2D eigenvalue weighted by Gasteiger charge is -2.23. The molecule has 0 radical (unpaired) electrons. The Hall–Kier alpha value is -1.41. The summed E-state index contributed by atoms with van der Waals surface area (Å²) in [6.07, 6.45) is -5.27. The third kappa shape index (κ3) is 4.03. The minimum atomic E-state index is -4.55. The summed E-state index contributed by atoms with van der Waals surface area (Å²) >= 11 is 4.79. The standard InChI is InChI=1S/C11H14F3N3OS/c1-6(18)5-17(2)10-7(9(15)19)3-4-8(16-10)11(12,13)14/h3-4,6,18H,5H2,1-2H3,(H2,15,19). The Morgan fingerprint density at radius 1 is 1.53 bits per heavy atom. The Balaban J connectivity index is 3.27. The predicted octanol–water partition coefficient (Wildman–Crippen LogP) is 1.55. The molecular weight excluding hydrogens is 279 g/mol. The van der Waals surface area contributed by atoms with Crippen molar-refractivity contribution in [2.24, 2.45) is 5.73 Å². The summed E-state index contributed by atoms with van der Waals surface area (Å²) in [6, 6.07) is 2.01. The minimum Gasteiger partial charge on any atom is -0.392 e. The third-order valence-corrected chi connectivity index (χ3v) is 2.55. The Bertz CT molecular complexity index is 477. The molecule has 0 bridgehead atoms. The molecule has 0 saturated heterocycles. The lowest BCUT2D eigenvalue weighted by atomic mass is 10.2. The van der Waals surface area contributed by atoms with Crippen LogP contribution in [0.4, 0.5) is 19.0 Å². The van der Waals surface area contributed by atoms with E-state index in [1.807, 2.05) is 0 Å². The van der Waals surface area contributed by atoms with Crippen molar-refractivity contribution >= 4 is 23.0 Å². The summed E-state index contributed by atoms with van der Waals surface area (Å²) in [5.41, 5.74) is 4.68. The van der Waals surface area contributed by atoms with Gasteiger partial charge in [-0.15, -0.1) is 0 Å². The molecule has 1 rings (SSSR count). The van der Waals surface area contributed by atoms with Gasteiger partial charge < -0.3 is 15.7 Å². The number of aliphatic hydroxyl groups is 1. The molecular formula is C11H14F3N3OS. The molecule has 0 aliphatic heterocycles. The summed E-state index contributed by atoms with van der Waals surface area (Å²) in [7, 11) is 1.51. The number of rotatable bonds is 4. The number of hydrogen-bond donors (Lipinski definition) is 2. The van der Waals surface area contributed by atoms with Crippen LogP contribution in [0.5, 0.6) is 0 Å². The van der Waals surface area contributed by atoms with Crippen LogP contribution in [0.3, 0.4) is 0 Å². The molecule has 0 saturated carbocycles. The molecule has 1 aromatic heterocycles. The normalized spacial score (nSPS) is 13.2. The smallest absolute Gasteiger partial charge is 0.392 e. The fraction of sp³-hybridized carbons (Fsp3) is 0.455. The first-order valence-corrected chi connectivity index (χ1v) is 5.81. The third-order valence-electron chi connectivity index (χ3n) is 2.33. The first-order chi connectivity index (χ1) is 8.62. The van der Waals surface area contributed by atoms with Gasteiger partial charge in [0, 0.05) is 13.6 Å². The van der Waals surface area contributed by atoms with Gasteiger partial charge in [-0.2, -0.15) is 13.2 Å². The molecule has 0 amide bonds. The van der Waals surface area contributed by atoms with Crippen LogP contribution < -0.4 is 10.6 Å². The SMILES string of the molecule is CC(O)CN(C)c1nc(C(F)(F)F)ccc1C(N)=S. The van der Waals surface area contributed by atoms with Gasteiger partial charge in [0.15, 0.2) is 0 Å². The highest BCUT2D eigenvalue weighted by Crippen LogP contribution is 2.30. The number of hydrogen-bond acceptors (Lipinski definition) is 4. The Labute approximate surface area is 114 Å². The fourth-order valence-corrected chi connectivity index (χ4v) is 1.73. The topological polar surface area (TPSA) is 62.4 Å². The van der Waals surface area contributed by atoms with E-state index in [2.05, 4.69) is 4.98 Å². The maximum atomic E-state index is 12.6. The van der Waals surface area contributed by atoms with Crippen LogP contribution in [0.15, 0.2) is 12.1 Å². The van der Waals surface area contributed by atoms with Gasteiger partial charge in [-0.25, -0.2) is 4.98 Å². The number of thiocarbonyl (C=S) groups is 1. The van der Waals surface area contributed by atoms with E-state index in [9.17, 15) is 18.3 Å². The zero-order valence-electron chi connectivity index (χ0n) is 10.4. The van der Waals surface area contributed by atoms with Crippen LogP contribution >= 0.6 is 12.2 Å². The Kier molecular flexibility index (Phi) is 4.70. The molecule has 1 aromatic rings. The van der Waals surface area contributed by atoms with Crippen molar-refractivity contribution in [2.75, 3.05) is 18.5 Å². The van der Waals surface area contributed by atoms with E-state index in [0.717, 1.165) is 6.07 Å². The van der Waals surface area contributed by atoms with Crippen molar-refractivity contribution in [2.45, 2.75) is 19.2 Å². The van der Waals surface area contributed by atoms with Crippen molar-refractivity contribution in [1.82, 2.24) is 4.98 Å². The molecule has 0 spiro atoms.